The van der Waals surface area contributed by atoms with E-state index in [4.69, 9.17) is 5.73 Å². The SMILES string of the molecule is CC(C)n1c(=O)c(N)c(-c2ccccc2)n1-c1ccccc1. The largest absolute Gasteiger partial charge is 0.392 e. The summed E-state index contributed by atoms with van der Waals surface area (Å²) in [6, 6.07) is 19.6. The fourth-order valence-corrected chi connectivity index (χ4v) is 2.70. The smallest absolute Gasteiger partial charge is 0.291 e. The summed E-state index contributed by atoms with van der Waals surface area (Å²) in [5, 5.41) is 0. The van der Waals surface area contributed by atoms with Crippen LogP contribution in [0.1, 0.15) is 19.9 Å². The van der Waals surface area contributed by atoms with Crippen LogP contribution in [0.3, 0.4) is 0 Å². The molecule has 2 N–H and O–H groups in total. The molecule has 112 valence electrons. The lowest BCUT2D eigenvalue weighted by molar-refractivity contribution is 0.472. The maximum absolute atomic E-state index is 12.6. The first-order chi connectivity index (χ1) is 10.6. The Balaban J connectivity index is 2.40. The van der Waals surface area contributed by atoms with Gasteiger partial charge in [0.1, 0.15) is 5.69 Å². The highest BCUT2D eigenvalue weighted by molar-refractivity contribution is 5.74. The number of anilines is 1. The highest BCUT2D eigenvalue weighted by atomic mass is 16.1. The van der Waals surface area contributed by atoms with Gasteiger partial charge in [0.05, 0.1) is 11.4 Å². The van der Waals surface area contributed by atoms with Crippen LogP contribution in [-0.2, 0) is 0 Å². The molecule has 0 radical (unpaired) electrons. The van der Waals surface area contributed by atoms with E-state index in [0.717, 1.165) is 16.9 Å². The summed E-state index contributed by atoms with van der Waals surface area (Å²) in [6.07, 6.45) is 0. The van der Waals surface area contributed by atoms with E-state index < -0.39 is 0 Å². The molecule has 0 bridgehead atoms. The number of hydrogen-bond donors (Lipinski definition) is 1. The number of benzene rings is 2. The second-order valence-electron chi connectivity index (χ2n) is 5.52. The molecule has 0 unspecified atom stereocenters. The highest BCUT2D eigenvalue weighted by Gasteiger charge is 2.21. The zero-order valence-corrected chi connectivity index (χ0v) is 12.7. The molecule has 0 saturated carbocycles. The summed E-state index contributed by atoms with van der Waals surface area (Å²) in [5.41, 5.74) is 8.88. The summed E-state index contributed by atoms with van der Waals surface area (Å²) >= 11 is 0. The van der Waals surface area contributed by atoms with Gasteiger partial charge in [-0.25, -0.2) is 9.36 Å². The van der Waals surface area contributed by atoms with Gasteiger partial charge in [-0.3, -0.25) is 4.79 Å². The van der Waals surface area contributed by atoms with Gasteiger partial charge in [-0.15, -0.1) is 0 Å². The maximum Gasteiger partial charge on any atom is 0.291 e. The second-order valence-corrected chi connectivity index (χ2v) is 5.52. The first kappa shape index (κ1) is 14.2. The molecule has 0 saturated heterocycles. The molecular formula is C18H19N3O. The van der Waals surface area contributed by atoms with Gasteiger partial charge in [-0.2, -0.15) is 0 Å². The van der Waals surface area contributed by atoms with Crippen LogP contribution in [0.15, 0.2) is 65.5 Å². The molecule has 1 heterocycles. The molecular weight excluding hydrogens is 274 g/mol. The number of hydrogen-bond acceptors (Lipinski definition) is 2. The minimum atomic E-state index is -0.155. The average molecular weight is 293 g/mol. The Morgan fingerprint density at radius 3 is 2.00 bits per heavy atom. The Morgan fingerprint density at radius 1 is 0.909 bits per heavy atom. The van der Waals surface area contributed by atoms with Crippen LogP contribution in [0, 0.1) is 0 Å². The van der Waals surface area contributed by atoms with Crippen LogP contribution >= 0.6 is 0 Å². The molecule has 3 rings (SSSR count). The summed E-state index contributed by atoms with van der Waals surface area (Å²) in [5.74, 6) is 0. The van der Waals surface area contributed by atoms with Gasteiger partial charge in [0.2, 0.25) is 0 Å². The van der Waals surface area contributed by atoms with E-state index in [1.54, 1.807) is 4.68 Å². The van der Waals surface area contributed by atoms with Gasteiger partial charge in [0, 0.05) is 11.6 Å². The van der Waals surface area contributed by atoms with Gasteiger partial charge in [-0.05, 0) is 26.0 Å². The van der Waals surface area contributed by atoms with Crippen molar-refractivity contribution in [3.8, 4) is 16.9 Å². The number of para-hydroxylation sites is 1. The third-order valence-corrected chi connectivity index (χ3v) is 3.66. The van der Waals surface area contributed by atoms with Gasteiger partial charge < -0.3 is 5.73 Å². The van der Waals surface area contributed by atoms with Crippen molar-refractivity contribution in [1.82, 2.24) is 9.36 Å². The Hall–Kier alpha value is -2.75. The van der Waals surface area contributed by atoms with Crippen molar-refractivity contribution in [2.45, 2.75) is 19.9 Å². The Morgan fingerprint density at radius 2 is 1.45 bits per heavy atom. The third-order valence-electron chi connectivity index (χ3n) is 3.66. The quantitative estimate of drug-likeness (QED) is 0.804. The van der Waals surface area contributed by atoms with Crippen molar-refractivity contribution in [1.29, 1.82) is 0 Å². The standard InChI is InChI=1S/C18H19N3O/c1-13(2)20-18(22)16(19)17(14-9-5-3-6-10-14)21(20)15-11-7-4-8-12-15/h3-13H,19H2,1-2H3. The summed E-state index contributed by atoms with van der Waals surface area (Å²) < 4.78 is 3.62. The average Bonchev–Trinajstić information content (AvgIpc) is 2.81. The molecule has 1 aromatic heterocycles. The molecule has 4 heteroatoms. The predicted octanol–water partition coefficient (Wildman–Crippen LogP) is 3.47. The molecule has 3 aromatic rings. The minimum absolute atomic E-state index is 0.00692. The van der Waals surface area contributed by atoms with Crippen LogP contribution in [0.25, 0.3) is 16.9 Å². The van der Waals surface area contributed by atoms with Crippen molar-refractivity contribution in [2.75, 3.05) is 5.73 Å². The number of nitrogen functional groups attached to an aromatic ring is 1. The number of aromatic nitrogens is 2. The molecule has 0 aliphatic carbocycles. The first-order valence-electron chi connectivity index (χ1n) is 7.35. The van der Waals surface area contributed by atoms with Gasteiger partial charge in [0.25, 0.3) is 5.56 Å². The topological polar surface area (TPSA) is 52.9 Å². The first-order valence-corrected chi connectivity index (χ1v) is 7.35. The van der Waals surface area contributed by atoms with E-state index in [1.807, 2.05) is 79.2 Å². The lowest BCUT2D eigenvalue weighted by atomic mass is 10.1. The third kappa shape index (κ3) is 2.22. The number of nitrogens with two attached hydrogens (primary N) is 1. The van der Waals surface area contributed by atoms with Gasteiger partial charge in [-0.1, -0.05) is 48.5 Å². The zero-order valence-electron chi connectivity index (χ0n) is 12.7. The van der Waals surface area contributed by atoms with Crippen molar-refractivity contribution in [3.63, 3.8) is 0 Å². The minimum Gasteiger partial charge on any atom is -0.392 e. The maximum atomic E-state index is 12.6. The Kier molecular flexibility index (Phi) is 3.59. The normalized spacial score (nSPS) is 11.0. The predicted molar refractivity (Wildman–Crippen MR) is 90.3 cm³/mol. The fourth-order valence-electron chi connectivity index (χ4n) is 2.70. The van der Waals surface area contributed by atoms with Crippen LogP contribution in [0.2, 0.25) is 0 Å². The Labute approximate surface area is 129 Å². The second kappa shape index (κ2) is 5.56. The summed E-state index contributed by atoms with van der Waals surface area (Å²) in [7, 11) is 0. The monoisotopic (exact) mass is 293 g/mol. The number of rotatable bonds is 3. The van der Waals surface area contributed by atoms with Crippen molar-refractivity contribution in [3.05, 3.63) is 71.0 Å². The van der Waals surface area contributed by atoms with Crippen molar-refractivity contribution < 1.29 is 0 Å². The Bertz CT molecular complexity index is 830. The van der Waals surface area contributed by atoms with Crippen molar-refractivity contribution in [2.24, 2.45) is 0 Å². The molecule has 22 heavy (non-hydrogen) atoms. The zero-order chi connectivity index (χ0) is 15.7. The van der Waals surface area contributed by atoms with Gasteiger partial charge >= 0.3 is 0 Å². The molecule has 0 aliphatic heterocycles. The number of nitrogens with zero attached hydrogens (tertiary/aromatic N) is 2. The summed E-state index contributed by atoms with van der Waals surface area (Å²) in [4.78, 5) is 12.6. The van der Waals surface area contributed by atoms with E-state index in [0.29, 0.717) is 0 Å². The van der Waals surface area contributed by atoms with E-state index in [1.165, 1.54) is 0 Å². The van der Waals surface area contributed by atoms with E-state index >= 15 is 0 Å². The van der Waals surface area contributed by atoms with E-state index in [2.05, 4.69) is 0 Å². The lowest BCUT2D eigenvalue weighted by Crippen LogP contribution is -2.25. The molecule has 4 nitrogen and oxygen atoms in total. The van der Waals surface area contributed by atoms with Crippen molar-refractivity contribution >= 4 is 5.69 Å². The van der Waals surface area contributed by atoms with Crippen LogP contribution < -0.4 is 11.3 Å². The lowest BCUT2D eigenvalue weighted by Gasteiger charge is -2.17. The van der Waals surface area contributed by atoms with Gasteiger partial charge in [0.15, 0.2) is 0 Å². The molecule has 0 amide bonds. The molecule has 0 fully saturated rings. The highest BCUT2D eigenvalue weighted by Crippen LogP contribution is 2.28. The van der Waals surface area contributed by atoms with E-state index in [9.17, 15) is 4.79 Å². The van der Waals surface area contributed by atoms with E-state index in [-0.39, 0.29) is 17.3 Å². The molecule has 2 aromatic carbocycles. The van der Waals surface area contributed by atoms with Crippen LogP contribution in [0.5, 0.6) is 0 Å². The molecule has 0 spiro atoms. The summed E-state index contributed by atoms with van der Waals surface area (Å²) in [6.45, 7) is 3.96. The fraction of sp³-hybridized carbons (Fsp3) is 0.167. The van der Waals surface area contributed by atoms with Crippen LogP contribution in [0.4, 0.5) is 5.69 Å². The molecule has 0 atom stereocenters. The molecule has 0 aliphatic rings. The van der Waals surface area contributed by atoms with Crippen LogP contribution in [-0.4, -0.2) is 9.36 Å².